The van der Waals surface area contributed by atoms with E-state index in [1.165, 1.54) is 6.33 Å². The van der Waals surface area contributed by atoms with Crippen molar-refractivity contribution in [2.75, 3.05) is 5.73 Å². The van der Waals surface area contributed by atoms with Crippen LogP contribution >= 0.6 is 12.4 Å². The second kappa shape index (κ2) is 3.53. The predicted molar refractivity (Wildman–Crippen MR) is 53.7 cm³/mol. The van der Waals surface area contributed by atoms with Gasteiger partial charge in [-0.15, -0.1) is 12.4 Å². The first kappa shape index (κ1) is 9.67. The standard InChI is InChI=1S/C8H8N4.ClH/c1-5-2-6-7(3-10-5)11-4-12-8(6)9;/h2-4H,1H3,(H2,9,11,12);1H. The number of hydrogen-bond donors (Lipinski definition) is 1. The number of hydrogen-bond acceptors (Lipinski definition) is 4. The number of nitrogens with two attached hydrogens (primary N) is 1. The fourth-order valence-corrected chi connectivity index (χ4v) is 1.08. The summed E-state index contributed by atoms with van der Waals surface area (Å²) in [6.45, 7) is 1.91. The van der Waals surface area contributed by atoms with E-state index in [0.717, 1.165) is 16.6 Å². The third-order valence-electron chi connectivity index (χ3n) is 1.69. The lowest BCUT2D eigenvalue weighted by Gasteiger charge is -1.99. The summed E-state index contributed by atoms with van der Waals surface area (Å²) >= 11 is 0. The lowest BCUT2D eigenvalue weighted by Crippen LogP contribution is -1.94. The molecule has 0 radical (unpaired) electrons. The van der Waals surface area contributed by atoms with E-state index < -0.39 is 0 Å². The van der Waals surface area contributed by atoms with Gasteiger partial charge in [-0.3, -0.25) is 4.98 Å². The molecule has 0 fully saturated rings. The third-order valence-corrected chi connectivity index (χ3v) is 1.69. The largest absolute Gasteiger partial charge is 0.383 e. The van der Waals surface area contributed by atoms with Gasteiger partial charge in [0.2, 0.25) is 0 Å². The highest BCUT2D eigenvalue weighted by molar-refractivity contribution is 5.87. The Labute approximate surface area is 81.6 Å². The SMILES string of the molecule is Cc1cc2c(N)ncnc2cn1.Cl. The quantitative estimate of drug-likeness (QED) is 0.691. The molecule has 0 spiro atoms. The van der Waals surface area contributed by atoms with Crippen molar-refractivity contribution in [2.45, 2.75) is 6.92 Å². The number of rotatable bonds is 0. The first-order valence-electron chi connectivity index (χ1n) is 3.60. The van der Waals surface area contributed by atoms with Crippen molar-refractivity contribution in [3.05, 3.63) is 24.3 Å². The van der Waals surface area contributed by atoms with Crippen LogP contribution in [0.5, 0.6) is 0 Å². The molecule has 0 saturated carbocycles. The van der Waals surface area contributed by atoms with E-state index in [1.807, 2.05) is 13.0 Å². The van der Waals surface area contributed by atoms with Crippen LogP contribution in [-0.2, 0) is 0 Å². The molecule has 5 heteroatoms. The molecule has 0 amide bonds. The van der Waals surface area contributed by atoms with Gasteiger partial charge in [0, 0.05) is 11.1 Å². The van der Waals surface area contributed by atoms with Gasteiger partial charge in [-0.2, -0.15) is 0 Å². The highest BCUT2D eigenvalue weighted by Gasteiger charge is 1.99. The van der Waals surface area contributed by atoms with E-state index in [4.69, 9.17) is 5.73 Å². The van der Waals surface area contributed by atoms with Crippen LogP contribution in [0.3, 0.4) is 0 Å². The molecule has 68 valence electrons. The highest BCUT2D eigenvalue weighted by Crippen LogP contribution is 2.15. The molecule has 0 aliphatic carbocycles. The molecule has 2 rings (SSSR count). The van der Waals surface area contributed by atoms with Crippen molar-refractivity contribution in [3.63, 3.8) is 0 Å². The van der Waals surface area contributed by atoms with Crippen molar-refractivity contribution in [3.8, 4) is 0 Å². The fourth-order valence-electron chi connectivity index (χ4n) is 1.08. The van der Waals surface area contributed by atoms with Gasteiger partial charge in [0.1, 0.15) is 12.1 Å². The molecule has 2 aromatic heterocycles. The zero-order valence-corrected chi connectivity index (χ0v) is 7.88. The second-order valence-corrected chi connectivity index (χ2v) is 2.60. The van der Waals surface area contributed by atoms with Gasteiger partial charge in [-0.05, 0) is 13.0 Å². The van der Waals surface area contributed by atoms with Crippen molar-refractivity contribution < 1.29 is 0 Å². The van der Waals surface area contributed by atoms with Crippen LogP contribution in [0, 0.1) is 6.92 Å². The monoisotopic (exact) mass is 196 g/mol. The lowest BCUT2D eigenvalue weighted by molar-refractivity contribution is 1.17. The van der Waals surface area contributed by atoms with Crippen LogP contribution in [0.2, 0.25) is 0 Å². The zero-order valence-electron chi connectivity index (χ0n) is 7.06. The van der Waals surface area contributed by atoms with Crippen LogP contribution in [0.4, 0.5) is 5.82 Å². The number of nitrogens with zero attached hydrogens (tertiary/aromatic N) is 3. The molecule has 13 heavy (non-hydrogen) atoms. The Kier molecular flexibility index (Phi) is 2.63. The molecule has 0 aliphatic rings. The van der Waals surface area contributed by atoms with Gasteiger partial charge < -0.3 is 5.73 Å². The molecule has 0 saturated heterocycles. The van der Waals surface area contributed by atoms with Crippen LogP contribution in [-0.4, -0.2) is 15.0 Å². The average molecular weight is 197 g/mol. The molecule has 4 nitrogen and oxygen atoms in total. The van der Waals surface area contributed by atoms with E-state index in [1.54, 1.807) is 6.20 Å². The smallest absolute Gasteiger partial charge is 0.134 e. The van der Waals surface area contributed by atoms with Gasteiger partial charge in [0.25, 0.3) is 0 Å². The molecule has 2 aromatic rings. The summed E-state index contributed by atoms with van der Waals surface area (Å²) in [7, 11) is 0. The Morgan fingerprint density at radius 2 is 2.00 bits per heavy atom. The van der Waals surface area contributed by atoms with E-state index in [0.29, 0.717) is 5.82 Å². The van der Waals surface area contributed by atoms with Crippen LogP contribution in [0.1, 0.15) is 5.69 Å². The van der Waals surface area contributed by atoms with Crippen molar-refractivity contribution in [1.29, 1.82) is 0 Å². The maximum atomic E-state index is 5.65. The number of halogens is 1. The zero-order chi connectivity index (χ0) is 8.55. The molecule has 0 atom stereocenters. The number of fused-ring (bicyclic) bond motifs is 1. The summed E-state index contributed by atoms with van der Waals surface area (Å²) in [6, 6.07) is 1.88. The third kappa shape index (κ3) is 1.67. The molecular weight excluding hydrogens is 188 g/mol. The maximum absolute atomic E-state index is 5.65. The number of nitrogen functional groups attached to an aromatic ring is 1. The molecule has 0 aromatic carbocycles. The Morgan fingerprint density at radius 3 is 2.77 bits per heavy atom. The van der Waals surface area contributed by atoms with Crippen LogP contribution in [0.25, 0.3) is 10.9 Å². The minimum absolute atomic E-state index is 0. The van der Waals surface area contributed by atoms with Crippen LogP contribution < -0.4 is 5.73 Å². The van der Waals surface area contributed by atoms with Gasteiger partial charge in [-0.1, -0.05) is 0 Å². The summed E-state index contributed by atoms with van der Waals surface area (Å²) in [6.07, 6.45) is 3.14. The lowest BCUT2D eigenvalue weighted by atomic mass is 10.2. The van der Waals surface area contributed by atoms with Crippen molar-refractivity contribution in [1.82, 2.24) is 15.0 Å². The minimum atomic E-state index is 0. The first-order valence-corrected chi connectivity index (χ1v) is 3.60. The topological polar surface area (TPSA) is 64.7 Å². The van der Waals surface area contributed by atoms with Crippen LogP contribution in [0.15, 0.2) is 18.6 Å². The van der Waals surface area contributed by atoms with Crippen molar-refractivity contribution >= 4 is 29.1 Å². The van der Waals surface area contributed by atoms with Gasteiger partial charge in [0.15, 0.2) is 0 Å². The molecule has 2 N–H and O–H groups in total. The number of pyridine rings is 1. The number of aryl methyl sites for hydroxylation is 1. The Morgan fingerprint density at radius 1 is 1.23 bits per heavy atom. The number of anilines is 1. The normalized spacial score (nSPS) is 9.62. The molecule has 2 heterocycles. The predicted octanol–water partition coefficient (Wildman–Crippen LogP) is 1.34. The Hall–Kier alpha value is -1.42. The molecular formula is C8H9ClN4. The summed E-state index contributed by atoms with van der Waals surface area (Å²) in [4.78, 5) is 12.0. The molecule has 0 aliphatic heterocycles. The van der Waals surface area contributed by atoms with Gasteiger partial charge >= 0.3 is 0 Å². The van der Waals surface area contributed by atoms with Gasteiger partial charge in [0.05, 0.1) is 11.7 Å². The van der Waals surface area contributed by atoms with E-state index in [2.05, 4.69) is 15.0 Å². The highest BCUT2D eigenvalue weighted by atomic mass is 35.5. The van der Waals surface area contributed by atoms with E-state index in [-0.39, 0.29) is 12.4 Å². The average Bonchev–Trinajstić information content (AvgIpc) is 2.07. The van der Waals surface area contributed by atoms with E-state index >= 15 is 0 Å². The second-order valence-electron chi connectivity index (χ2n) is 2.60. The Balaban J connectivity index is 0.000000845. The fraction of sp³-hybridized carbons (Fsp3) is 0.125. The Bertz CT molecular complexity index is 429. The summed E-state index contributed by atoms with van der Waals surface area (Å²) in [5.74, 6) is 0.505. The molecule has 0 unspecified atom stereocenters. The number of aromatic nitrogens is 3. The summed E-state index contributed by atoms with van der Waals surface area (Å²) in [5, 5.41) is 0.866. The molecule has 0 bridgehead atoms. The maximum Gasteiger partial charge on any atom is 0.134 e. The first-order chi connectivity index (χ1) is 5.77. The summed E-state index contributed by atoms with van der Waals surface area (Å²) in [5.41, 5.74) is 7.35. The van der Waals surface area contributed by atoms with Gasteiger partial charge in [-0.25, -0.2) is 9.97 Å². The van der Waals surface area contributed by atoms with E-state index in [9.17, 15) is 0 Å². The summed E-state index contributed by atoms with van der Waals surface area (Å²) < 4.78 is 0. The van der Waals surface area contributed by atoms with Crippen molar-refractivity contribution in [2.24, 2.45) is 0 Å². The minimum Gasteiger partial charge on any atom is -0.383 e.